The number of nitrogens with zero attached hydrogens (tertiary/aromatic N) is 3. The lowest BCUT2D eigenvalue weighted by molar-refractivity contribution is -0.134. The SMILES string of the molecule is CCCC1NC(=O)C(CC)N(c2cnn(C(C)C)c2)C1=O. The molecule has 2 rings (SSSR count). The van der Waals surface area contributed by atoms with E-state index >= 15 is 0 Å². The summed E-state index contributed by atoms with van der Waals surface area (Å²) in [5, 5.41) is 7.12. The van der Waals surface area contributed by atoms with Gasteiger partial charge in [0.15, 0.2) is 0 Å². The highest BCUT2D eigenvalue weighted by Gasteiger charge is 2.40. The van der Waals surface area contributed by atoms with Gasteiger partial charge in [-0.25, -0.2) is 0 Å². The molecule has 6 heteroatoms. The van der Waals surface area contributed by atoms with Crippen LogP contribution in [0.25, 0.3) is 0 Å². The third kappa shape index (κ3) is 2.94. The molecule has 0 aliphatic carbocycles. The summed E-state index contributed by atoms with van der Waals surface area (Å²) in [6.45, 7) is 7.97. The molecule has 21 heavy (non-hydrogen) atoms. The predicted octanol–water partition coefficient (Wildman–Crippen LogP) is 1.87. The molecule has 6 nitrogen and oxygen atoms in total. The Labute approximate surface area is 125 Å². The fourth-order valence-corrected chi connectivity index (χ4v) is 2.66. The van der Waals surface area contributed by atoms with Crippen molar-refractivity contribution < 1.29 is 9.59 Å². The van der Waals surface area contributed by atoms with Crippen LogP contribution < -0.4 is 10.2 Å². The number of carbonyl (C=O) groups is 2. The fourth-order valence-electron chi connectivity index (χ4n) is 2.66. The quantitative estimate of drug-likeness (QED) is 0.901. The molecular formula is C15H24N4O2. The number of piperazine rings is 1. The zero-order valence-corrected chi connectivity index (χ0v) is 13.2. The number of aromatic nitrogens is 2. The number of anilines is 1. The molecule has 0 aromatic carbocycles. The smallest absolute Gasteiger partial charge is 0.250 e. The summed E-state index contributed by atoms with van der Waals surface area (Å²) in [5.41, 5.74) is 0.705. The summed E-state index contributed by atoms with van der Waals surface area (Å²) in [7, 11) is 0. The van der Waals surface area contributed by atoms with Crippen LogP contribution in [0.5, 0.6) is 0 Å². The maximum absolute atomic E-state index is 12.7. The van der Waals surface area contributed by atoms with Crippen molar-refractivity contribution in [2.75, 3.05) is 4.90 Å². The zero-order valence-electron chi connectivity index (χ0n) is 13.2. The second-order valence-electron chi connectivity index (χ2n) is 5.75. The molecule has 1 aromatic heterocycles. The summed E-state index contributed by atoms with van der Waals surface area (Å²) >= 11 is 0. The Morgan fingerprint density at radius 2 is 2.05 bits per heavy atom. The Morgan fingerprint density at radius 3 is 2.57 bits per heavy atom. The number of hydrogen-bond acceptors (Lipinski definition) is 3. The standard InChI is InChI=1S/C15H24N4O2/c1-5-7-12-15(21)19(13(6-2)14(20)17-12)11-8-16-18(9-11)10(3)4/h8-10,12-13H,5-7H2,1-4H3,(H,17,20). The first-order chi connectivity index (χ1) is 9.99. The van der Waals surface area contributed by atoms with E-state index in [2.05, 4.69) is 10.4 Å². The third-order valence-corrected chi connectivity index (χ3v) is 3.83. The molecular weight excluding hydrogens is 268 g/mol. The fraction of sp³-hybridized carbons (Fsp3) is 0.667. The predicted molar refractivity (Wildman–Crippen MR) is 81.0 cm³/mol. The minimum atomic E-state index is -0.449. The molecule has 0 radical (unpaired) electrons. The number of carbonyl (C=O) groups excluding carboxylic acids is 2. The largest absolute Gasteiger partial charge is 0.342 e. The second kappa shape index (κ2) is 6.28. The Balaban J connectivity index is 2.34. The van der Waals surface area contributed by atoms with E-state index in [0.29, 0.717) is 18.5 Å². The molecule has 0 saturated carbocycles. The molecule has 1 aromatic rings. The van der Waals surface area contributed by atoms with E-state index < -0.39 is 12.1 Å². The highest BCUT2D eigenvalue weighted by molar-refractivity contribution is 6.08. The molecule has 2 heterocycles. The van der Waals surface area contributed by atoms with Gasteiger partial charge >= 0.3 is 0 Å². The second-order valence-corrected chi connectivity index (χ2v) is 5.75. The summed E-state index contributed by atoms with van der Waals surface area (Å²) in [4.78, 5) is 26.5. The van der Waals surface area contributed by atoms with E-state index in [0.717, 1.165) is 6.42 Å². The topological polar surface area (TPSA) is 67.2 Å². The molecule has 1 fully saturated rings. The van der Waals surface area contributed by atoms with Gasteiger partial charge in [0.1, 0.15) is 12.1 Å². The summed E-state index contributed by atoms with van der Waals surface area (Å²) < 4.78 is 1.80. The van der Waals surface area contributed by atoms with Gasteiger partial charge in [-0.15, -0.1) is 0 Å². The van der Waals surface area contributed by atoms with Crippen LogP contribution in [0, 0.1) is 0 Å². The van der Waals surface area contributed by atoms with Gasteiger partial charge in [0, 0.05) is 12.2 Å². The first-order valence-corrected chi connectivity index (χ1v) is 7.67. The molecule has 0 spiro atoms. The maximum atomic E-state index is 12.7. The van der Waals surface area contributed by atoms with Crippen LogP contribution in [0.15, 0.2) is 12.4 Å². The lowest BCUT2D eigenvalue weighted by atomic mass is 10.0. The van der Waals surface area contributed by atoms with Gasteiger partial charge in [-0.1, -0.05) is 20.3 Å². The normalized spacial score (nSPS) is 22.8. The highest BCUT2D eigenvalue weighted by atomic mass is 16.2. The van der Waals surface area contributed by atoms with Crippen molar-refractivity contribution in [3.63, 3.8) is 0 Å². The Morgan fingerprint density at radius 1 is 1.33 bits per heavy atom. The average Bonchev–Trinajstić information content (AvgIpc) is 2.91. The number of rotatable bonds is 5. The molecule has 1 saturated heterocycles. The molecule has 1 aliphatic heterocycles. The minimum Gasteiger partial charge on any atom is -0.342 e. The molecule has 2 unspecified atom stereocenters. The van der Waals surface area contributed by atoms with Crippen molar-refractivity contribution in [3.05, 3.63) is 12.4 Å². The zero-order chi connectivity index (χ0) is 15.6. The van der Waals surface area contributed by atoms with E-state index in [1.807, 2.05) is 33.9 Å². The molecule has 1 N–H and O–H groups in total. The van der Waals surface area contributed by atoms with E-state index in [-0.39, 0.29) is 17.9 Å². The first kappa shape index (κ1) is 15.5. The number of nitrogens with one attached hydrogen (secondary N) is 1. The Kier molecular flexibility index (Phi) is 4.65. The van der Waals surface area contributed by atoms with Crippen molar-refractivity contribution >= 4 is 17.5 Å². The first-order valence-electron chi connectivity index (χ1n) is 7.67. The van der Waals surface area contributed by atoms with Crippen LogP contribution in [0.3, 0.4) is 0 Å². The summed E-state index contributed by atoms with van der Waals surface area (Å²) in [6, 6.07) is -0.651. The van der Waals surface area contributed by atoms with Gasteiger partial charge in [0.2, 0.25) is 11.8 Å². The molecule has 1 aliphatic rings. The molecule has 0 bridgehead atoms. The van der Waals surface area contributed by atoms with Gasteiger partial charge < -0.3 is 5.32 Å². The lowest BCUT2D eigenvalue weighted by Crippen LogP contribution is -2.63. The van der Waals surface area contributed by atoms with Crippen LogP contribution in [0.2, 0.25) is 0 Å². The van der Waals surface area contributed by atoms with Crippen LogP contribution in [-0.4, -0.2) is 33.7 Å². The van der Waals surface area contributed by atoms with E-state index in [4.69, 9.17) is 0 Å². The highest BCUT2D eigenvalue weighted by Crippen LogP contribution is 2.24. The van der Waals surface area contributed by atoms with E-state index in [9.17, 15) is 9.59 Å². The monoisotopic (exact) mass is 292 g/mol. The van der Waals surface area contributed by atoms with Crippen molar-refractivity contribution in [1.82, 2.24) is 15.1 Å². The minimum absolute atomic E-state index is 0.0355. The molecule has 2 atom stereocenters. The molecule has 2 amide bonds. The van der Waals surface area contributed by atoms with Gasteiger partial charge in [-0.2, -0.15) is 5.10 Å². The van der Waals surface area contributed by atoms with Crippen LogP contribution in [0.1, 0.15) is 53.0 Å². The van der Waals surface area contributed by atoms with Crippen molar-refractivity contribution in [2.24, 2.45) is 0 Å². The third-order valence-electron chi connectivity index (χ3n) is 3.83. The van der Waals surface area contributed by atoms with E-state index in [1.165, 1.54) is 0 Å². The van der Waals surface area contributed by atoms with Gasteiger partial charge in [-0.3, -0.25) is 19.2 Å². The Bertz CT molecular complexity index is 523. The van der Waals surface area contributed by atoms with Crippen molar-refractivity contribution in [2.45, 2.75) is 65.1 Å². The summed E-state index contributed by atoms with van der Waals surface area (Å²) in [5.74, 6) is -0.112. The van der Waals surface area contributed by atoms with E-state index in [1.54, 1.807) is 15.8 Å². The maximum Gasteiger partial charge on any atom is 0.250 e. The average molecular weight is 292 g/mol. The number of hydrogen-bond donors (Lipinski definition) is 1. The van der Waals surface area contributed by atoms with Gasteiger partial charge in [0.25, 0.3) is 0 Å². The summed E-state index contributed by atoms with van der Waals surface area (Å²) in [6.07, 6.45) is 5.61. The van der Waals surface area contributed by atoms with Crippen LogP contribution >= 0.6 is 0 Å². The van der Waals surface area contributed by atoms with Crippen molar-refractivity contribution in [3.8, 4) is 0 Å². The lowest BCUT2D eigenvalue weighted by Gasteiger charge is -2.37. The van der Waals surface area contributed by atoms with Crippen LogP contribution in [-0.2, 0) is 9.59 Å². The molecule has 116 valence electrons. The van der Waals surface area contributed by atoms with Crippen LogP contribution in [0.4, 0.5) is 5.69 Å². The van der Waals surface area contributed by atoms with Gasteiger partial charge in [-0.05, 0) is 26.7 Å². The Hall–Kier alpha value is -1.85. The number of amides is 2. The van der Waals surface area contributed by atoms with Crippen molar-refractivity contribution in [1.29, 1.82) is 0 Å². The van der Waals surface area contributed by atoms with Gasteiger partial charge in [0.05, 0.1) is 11.9 Å².